The summed E-state index contributed by atoms with van der Waals surface area (Å²) in [4.78, 5) is 27.1. The number of aryl methyl sites for hydroxylation is 3. The molecule has 7 nitrogen and oxygen atoms in total. The lowest BCUT2D eigenvalue weighted by atomic mass is 9.95. The molecule has 0 N–H and O–H groups in total. The van der Waals surface area contributed by atoms with E-state index in [2.05, 4.69) is 78.9 Å². The van der Waals surface area contributed by atoms with E-state index in [1.165, 1.54) is 16.7 Å². The molecule has 1 saturated heterocycles. The number of anilines is 1. The van der Waals surface area contributed by atoms with Gasteiger partial charge in [0.1, 0.15) is 17.3 Å². The molecule has 0 radical (unpaired) electrons. The van der Waals surface area contributed by atoms with E-state index in [4.69, 9.17) is 4.98 Å². The largest absolute Gasteiger partial charge is 0.364 e. The molecule has 4 heterocycles. The Hall–Kier alpha value is -4.02. The van der Waals surface area contributed by atoms with Gasteiger partial charge in [0.05, 0.1) is 22.9 Å². The average molecular weight is 493 g/mol. The summed E-state index contributed by atoms with van der Waals surface area (Å²) in [5.41, 5.74) is 7.13. The molecule has 1 aliphatic heterocycles. The van der Waals surface area contributed by atoms with E-state index in [0.717, 1.165) is 30.0 Å². The van der Waals surface area contributed by atoms with E-state index in [-0.39, 0.29) is 23.7 Å². The number of hydrogen-bond acceptors (Lipinski definition) is 6. The molecule has 5 rings (SSSR count). The highest BCUT2D eigenvalue weighted by Gasteiger charge is 2.36. The highest BCUT2D eigenvalue weighted by atomic mass is 16.1. The Morgan fingerprint density at radius 3 is 2.43 bits per heavy atom. The third-order valence-corrected chi connectivity index (χ3v) is 7.47. The summed E-state index contributed by atoms with van der Waals surface area (Å²) < 4.78 is 1.59. The zero-order valence-corrected chi connectivity index (χ0v) is 22.0. The maximum atomic E-state index is 12.9. The molecule has 3 atom stereocenters. The van der Waals surface area contributed by atoms with Crippen LogP contribution >= 0.6 is 0 Å². The quantitative estimate of drug-likeness (QED) is 0.417. The Morgan fingerprint density at radius 1 is 0.973 bits per heavy atom. The van der Waals surface area contributed by atoms with E-state index in [0.29, 0.717) is 11.2 Å². The summed E-state index contributed by atoms with van der Waals surface area (Å²) in [6, 6.07) is 20.5. The van der Waals surface area contributed by atoms with Crippen molar-refractivity contribution in [1.82, 2.24) is 19.4 Å². The van der Waals surface area contributed by atoms with Crippen molar-refractivity contribution < 1.29 is 0 Å². The van der Waals surface area contributed by atoms with Crippen molar-refractivity contribution in [3.05, 3.63) is 99.2 Å². The minimum atomic E-state index is -0.0854. The van der Waals surface area contributed by atoms with Crippen LogP contribution in [0.25, 0.3) is 11.0 Å². The van der Waals surface area contributed by atoms with E-state index in [1.54, 1.807) is 23.7 Å². The van der Waals surface area contributed by atoms with Crippen molar-refractivity contribution in [3.8, 4) is 6.07 Å². The third-order valence-electron chi connectivity index (χ3n) is 7.47. The molecule has 0 aliphatic carbocycles. The molecule has 4 aromatic rings. The van der Waals surface area contributed by atoms with Crippen LogP contribution in [0.2, 0.25) is 0 Å². The second-order valence-corrected chi connectivity index (χ2v) is 10.2. The number of benzene rings is 1. The first-order valence-electron chi connectivity index (χ1n) is 12.7. The monoisotopic (exact) mass is 492 g/mol. The van der Waals surface area contributed by atoms with Gasteiger partial charge in [-0.3, -0.25) is 14.7 Å². The molecule has 1 aliphatic rings. The van der Waals surface area contributed by atoms with E-state index < -0.39 is 0 Å². The number of nitrogens with zero attached hydrogens (tertiary/aromatic N) is 6. The normalized spacial score (nSPS) is 19.1. The van der Waals surface area contributed by atoms with Gasteiger partial charge in [-0.25, -0.2) is 4.98 Å². The van der Waals surface area contributed by atoms with Crippen LogP contribution in [-0.2, 0) is 7.05 Å². The van der Waals surface area contributed by atoms with Crippen molar-refractivity contribution in [3.63, 3.8) is 0 Å². The van der Waals surface area contributed by atoms with Crippen molar-refractivity contribution >= 4 is 16.7 Å². The van der Waals surface area contributed by atoms with Crippen LogP contribution in [0, 0.1) is 25.2 Å². The minimum Gasteiger partial charge on any atom is -0.364 e. The van der Waals surface area contributed by atoms with Crippen LogP contribution in [0.15, 0.2) is 65.6 Å². The van der Waals surface area contributed by atoms with Gasteiger partial charge in [0.25, 0.3) is 5.56 Å². The topological polar surface area (TPSA) is 78.0 Å². The smallest absolute Gasteiger partial charge is 0.252 e. The minimum absolute atomic E-state index is 0.0174. The number of pyridine rings is 3. The van der Waals surface area contributed by atoms with E-state index >= 15 is 0 Å². The van der Waals surface area contributed by atoms with Crippen molar-refractivity contribution in [2.45, 2.75) is 45.8 Å². The average Bonchev–Trinajstić information content (AvgIpc) is 2.89. The number of hydrogen-bond donors (Lipinski definition) is 0. The summed E-state index contributed by atoms with van der Waals surface area (Å²) >= 11 is 0. The Morgan fingerprint density at radius 2 is 1.73 bits per heavy atom. The number of rotatable bonds is 4. The SMILES string of the molecule is Cc1ccc(C(c2cc(C)ccn2)N2C[C@H](C)N(c3cc(=O)n(C)c4ccc(C#N)nc34)C[C@H]2C)cc1. The third kappa shape index (κ3) is 4.61. The molecule has 1 fully saturated rings. The highest BCUT2D eigenvalue weighted by molar-refractivity contribution is 5.89. The zero-order chi connectivity index (χ0) is 26.3. The van der Waals surface area contributed by atoms with Crippen LogP contribution < -0.4 is 10.5 Å². The number of fused-ring (bicyclic) bond motifs is 1. The van der Waals surface area contributed by atoms with Crippen LogP contribution in [0.4, 0.5) is 5.69 Å². The number of nitriles is 1. The molecule has 0 saturated carbocycles. The van der Waals surface area contributed by atoms with E-state index in [1.807, 2.05) is 18.3 Å². The summed E-state index contributed by atoms with van der Waals surface area (Å²) in [6.07, 6.45) is 1.89. The van der Waals surface area contributed by atoms with Gasteiger partial charge < -0.3 is 9.47 Å². The van der Waals surface area contributed by atoms with Gasteiger partial charge in [-0.2, -0.15) is 5.26 Å². The standard InChI is InChI=1S/C30H32N6O/c1-19-6-8-23(9-7-19)30(25-14-20(2)12-13-32-25)36-18-21(3)35(17-22(36)4)27-15-28(37)34(5)26-11-10-24(16-31)33-29(26)27/h6-15,21-22,30H,17-18H2,1-5H3/t21-,22+,30?/m0/s1. The maximum absolute atomic E-state index is 12.9. The van der Waals surface area contributed by atoms with Crippen molar-refractivity contribution in [1.29, 1.82) is 5.26 Å². The lowest BCUT2D eigenvalue weighted by Gasteiger charge is -2.48. The predicted molar refractivity (Wildman–Crippen MR) is 147 cm³/mol. The molecule has 188 valence electrons. The molecule has 1 unspecified atom stereocenters. The fourth-order valence-corrected chi connectivity index (χ4v) is 5.43. The number of piperazine rings is 1. The summed E-state index contributed by atoms with van der Waals surface area (Å²) in [7, 11) is 1.74. The maximum Gasteiger partial charge on any atom is 0.252 e. The molecule has 0 bridgehead atoms. The molecular formula is C30H32N6O. The summed E-state index contributed by atoms with van der Waals surface area (Å²) in [6.45, 7) is 10.1. The molecule has 7 heteroatoms. The molecule has 37 heavy (non-hydrogen) atoms. The molecular weight excluding hydrogens is 460 g/mol. The summed E-state index contributed by atoms with van der Waals surface area (Å²) in [5, 5.41) is 9.46. The van der Waals surface area contributed by atoms with Crippen molar-refractivity contribution in [2.75, 3.05) is 18.0 Å². The lowest BCUT2D eigenvalue weighted by molar-refractivity contribution is 0.128. The van der Waals surface area contributed by atoms with Gasteiger partial charge in [0.2, 0.25) is 0 Å². The number of aromatic nitrogens is 3. The van der Waals surface area contributed by atoms with Gasteiger partial charge >= 0.3 is 0 Å². The predicted octanol–water partition coefficient (Wildman–Crippen LogP) is 4.51. The lowest BCUT2D eigenvalue weighted by Crippen LogP contribution is -2.57. The Bertz CT molecular complexity index is 1550. The first kappa shape index (κ1) is 24.7. The van der Waals surface area contributed by atoms with E-state index in [9.17, 15) is 10.1 Å². The Balaban J connectivity index is 1.56. The zero-order valence-electron chi connectivity index (χ0n) is 22.0. The molecule has 0 spiro atoms. The Labute approximate surface area is 217 Å². The van der Waals surface area contributed by atoms with Gasteiger partial charge in [0, 0.05) is 44.5 Å². The fraction of sp³-hybridized carbons (Fsp3) is 0.333. The van der Waals surface area contributed by atoms with Crippen LogP contribution in [-0.4, -0.2) is 44.6 Å². The first-order valence-corrected chi connectivity index (χ1v) is 12.7. The highest BCUT2D eigenvalue weighted by Crippen LogP contribution is 2.35. The summed E-state index contributed by atoms with van der Waals surface area (Å²) in [5.74, 6) is 0. The van der Waals surface area contributed by atoms with Gasteiger partial charge in [-0.1, -0.05) is 29.8 Å². The second-order valence-electron chi connectivity index (χ2n) is 10.2. The molecule has 3 aromatic heterocycles. The van der Waals surface area contributed by atoms with Crippen LogP contribution in [0.5, 0.6) is 0 Å². The van der Waals surface area contributed by atoms with Crippen molar-refractivity contribution in [2.24, 2.45) is 7.05 Å². The molecule has 1 aromatic carbocycles. The van der Waals surface area contributed by atoms with Gasteiger partial charge in [0.15, 0.2) is 0 Å². The first-order chi connectivity index (χ1) is 17.8. The van der Waals surface area contributed by atoms with Gasteiger partial charge in [-0.05, 0) is 63.1 Å². The van der Waals surface area contributed by atoms with Gasteiger partial charge in [-0.15, -0.1) is 0 Å². The molecule has 0 amide bonds. The Kier molecular flexibility index (Phi) is 6.53. The van der Waals surface area contributed by atoms with Crippen LogP contribution in [0.3, 0.4) is 0 Å². The fourth-order valence-electron chi connectivity index (χ4n) is 5.43. The van der Waals surface area contributed by atoms with Crippen LogP contribution in [0.1, 0.15) is 48.0 Å². The second kappa shape index (κ2) is 9.79.